The van der Waals surface area contributed by atoms with Gasteiger partial charge in [0.15, 0.2) is 0 Å². The van der Waals surface area contributed by atoms with Crippen LogP contribution in [0.2, 0.25) is 0 Å². The van der Waals surface area contributed by atoms with Crippen LogP contribution >= 0.6 is 0 Å². The van der Waals surface area contributed by atoms with Crippen molar-refractivity contribution in [3.8, 4) is 0 Å². The van der Waals surface area contributed by atoms with Gasteiger partial charge in [0.25, 0.3) is 0 Å². The third-order valence-electron chi connectivity index (χ3n) is 3.63. The maximum Gasteiger partial charge on any atom is 0.471 e. The number of carbonyl (C=O) groups is 1. The summed E-state index contributed by atoms with van der Waals surface area (Å²) in [5.41, 5.74) is 0. The summed E-state index contributed by atoms with van der Waals surface area (Å²) in [6.45, 7) is 4.76. The van der Waals surface area contributed by atoms with Gasteiger partial charge in [-0.15, -0.1) is 0 Å². The van der Waals surface area contributed by atoms with Crippen LogP contribution in [0.5, 0.6) is 0 Å². The van der Waals surface area contributed by atoms with Crippen molar-refractivity contribution in [1.82, 2.24) is 19.4 Å². The van der Waals surface area contributed by atoms with E-state index in [2.05, 4.69) is 4.98 Å². The van der Waals surface area contributed by atoms with E-state index in [1.807, 2.05) is 22.6 Å². The van der Waals surface area contributed by atoms with Crippen molar-refractivity contribution < 1.29 is 18.0 Å². The third-order valence-corrected chi connectivity index (χ3v) is 3.63. The molecule has 0 saturated carbocycles. The van der Waals surface area contributed by atoms with Gasteiger partial charge in [-0.05, 0) is 13.3 Å². The number of imidazole rings is 1. The summed E-state index contributed by atoms with van der Waals surface area (Å²) in [6.07, 6.45) is -0.648. The van der Waals surface area contributed by atoms with E-state index in [1.165, 1.54) is 0 Å². The van der Waals surface area contributed by atoms with Crippen LogP contribution in [0.15, 0.2) is 12.4 Å². The minimum Gasteiger partial charge on any atom is -0.334 e. The number of hydrogen-bond acceptors (Lipinski definition) is 3. The van der Waals surface area contributed by atoms with Crippen LogP contribution < -0.4 is 0 Å². The molecule has 0 aromatic carbocycles. The molecular formula is C13H19F3N4O. The van der Waals surface area contributed by atoms with Gasteiger partial charge in [0.1, 0.15) is 5.82 Å². The van der Waals surface area contributed by atoms with Gasteiger partial charge in [-0.3, -0.25) is 9.69 Å². The summed E-state index contributed by atoms with van der Waals surface area (Å²) in [5, 5.41) is 0. The van der Waals surface area contributed by atoms with Crippen LogP contribution in [-0.2, 0) is 17.9 Å². The van der Waals surface area contributed by atoms with E-state index in [-0.39, 0.29) is 13.1 Å². The number of aryl methyl sites for hydroxylation is 1. The molecule has 8 heteroatoms. The Kier molecular flexibility index (Phi) is 4.87. The maximum absolute atomic E-state index is 12.4. The van der Waals surface area contributed by atoms with Gasteiger partial charge in [-0.2, -0.15) is 13.2 Å². The first-order valence-electron chi connectivity index (χ1n) is 7.00. The predicted molar refractivity (Wildman–Crippen MR) is 70.4 cm³/mol. The normalized spacial score (nSPS) is 17.8. The minimum absolute atomic E-state index is 0.102. The zero-order valence-electron chi connectivity index (χ0n) is 11.9. The highest BCUT2D eigenvalue weighted by Gasteiger charge is 2.42. The van der Waals surface area contributed by atoms with E-state index in [9.17, 15) is 18.0 Å². The number of amides is 1. The molecule has 0 atom stereocenters. The van der Waals surface area contributed by atoms with Crippen LogP contribution in [0.25, 0.3) is 0 Å². The third kappa shape index (κ3) is 3.96. The average Bonchev–Trinajstić information content (AvgIpc) is 2.74. The molecular weight excluding hydrogens is 285 g/mol. The van der Waals surface area contributed by atoms with Gasteiger partial charge in [-0.1, -0.05) is 0 Å². The summed E-state index contributed by atoms with van der Waals surface area (Å²) in [6, 6.07) is 0. The van der Waals surface area contributed by atoms with Gasteiger partial charge < -0.3 is 9.47 Å². The zero-order chi connectivity index (χ0) is 15.5. The highest BCUT2D eigenvalue weighted by molar-refractivity contribution is 5.81. The average molecular weight is 304 g/mol. The van der Waals surface area contributed by atoms with Crippen molar-refractivity contribution in [2.45, 2.75) is 32.6 Å². The van der Waals surface area contributed by atoms with Crippen LogP contribution in [0.4, 0.5) is 13.2 Å². The van der Waals surface area contributed by atoms with Crippen LogP contribution in [0.3, 0.4) is 0 Å². The topological polar surface area (TPSA) is 41.4 Å². The Bertz CT molecular complexity index is 486. The number of aromatic nitrogens is 2. The van der Waals surface area contributed by atoms with E-state index in [0.717, 1.165) is 17.3 Å². The smallest absolute Gasteiger partial charge is 0.334 e. The lowest BCUT2D eigenvalue weighted by Gasteiger charge is -2.22. The number of rotatable bonds is 3. The fraction of sp³-hybridized carbons (Fsp3) is 0.692. The molecule has 5 nitrogen and oxygen atoms in total. The molecule has 1 aromatic heterocycles. The van der Waals surface area contributed by atoms with Gasteiger partial charge in [-0.25, -0.2) is 4.98 Å². The first-order valence-corrected chi connectivity index (χ1v) is 7.00. The minimum atomic E-state index is -4.78. The van der Waals surface area contributed by atoms with E-state index in [4.69, 9.17) is 0 Å². The molecule has 0 N–H and O–H groups in total. The molecule has 1 fully saturated rings. The number of hydrogen-bond donors (Lipinski definition) is 0. The molecule has 21 heavy (non-hydrogen) atoms. The second-order valence-electron chi connectivity index (χ2n) is 5.05. The number of carbonyl (C=O) groups excluding carboxylic acids is 1. The van der Waals surface area contributed by atoms with Gasteiger partial charge >= 0.3 is 12.1 Å². The first kappa shape index (κ1) is 15.8. The molecule has 0 spiro atoms. The molecule has 1 saturated heterocycles. The molecule has 0 bridgehead atoms. The summed E-state index contributed by atoms with van der Waals surface area (Å²) < 4.78 is 39.4. The van der Waals surface area contributed by atoms with E-state index in [0.29, 0.717) is 26.1 Å². The van der Waals surface area contributed by atoms with Crippen molar-refractivity contribution >= 4 is 5.91 Å². The Morgan fingerprint density at radius 2 is 2.05 bits per heavy atom. The van der Waals surface area contributed by atoms with Crippen molar-refractivity contribution in [3.05, 3.63) is 18.2 Å². The quantitative estimate of drug-likeness (QED) is 0.850. The van der Waals surface area contributed by atoms with Crippen molar-refractivity contribution in [1.29, 1.82) is 0 Å². The Labute approximate surface area is 121 Å². The van der Waals surface area contributed by atoms with E-state index in [1.54, 1.807) is 6.20 Å². The fourth-order valence-electron chi connectivity index (χ4n) is 2.49. The van der Waals surface area contributed by atoms with E-state index >= 15 is 0 Å². The van der Waals surface area contributed by atoms with Crippen molar-refractivity contribution in [2.75, 3.05) is 26.2 Å². The van der Waals surface area contributed by atoms with Gasteiger partial charge in [0.2, 0.25) is 0 Å². The van der Waals surface area contributed by atoms with Crippen LogP contribution in [-0.4, -0.2) is 57.6 Å². The van der Waals surface area contributed by atoms with Gasteiger partial charge in [0, 0.05) is 45.1 Å². The van der Waals surface area contributed by atoms with Crippen LogP contribution in [0, 0.1) is 0 Å². The predicted octanol–water partition coefficient (Wildman–Crippen LogP) is 1.50. The lowest BCUT2D eigenvalue weighted by atomic mass is 10.3. The second kappa shape index (κ2) is 6.46. The zero-order valence-corrected chi connectivity index (χ0v) is 11.9. The first-order chi connectivity index (χ1) is 9.91. The maximum atomic E-state index is 12.4. The van der Waals surface area contributed by atoms with Gasteiger partial charge in [0.05, 0.1) is 6.54 Å². The molecule has 1 aromatic rings. The number of nitrogens with zero attached hydrogens (tertiary/aromatic N) is 4. The molecule has 2 rings (SSSR count). The Morgan fingerprint density at radius 1 is 1.29 bits per heavy atom. The highest BCUT2D eigenvalue weighted by atomic mass is 19.4. The molecule has 118 valence electrons. The SMILES string of the molecule is CCn1ccnc1CN1CCCN(C(=O)C(F)(F)F)CC1. The molecule has 1 aliphatic rings. The summed E-state index contributed by atoms with van der Waals surface area (Å²) in [4.78, 5) is 18.5. The fourth-order valence-corrected chi connectivity index (χ4v) is 2.49. The molecule has 1 aliphatic heterocycles. The molecule has 1 amide bonds. The van der Waals surface area contributed by atoms with Crippen molar-refractivity contribution in [3.63, 3.8) is 0 Å². The van der Waals surface area contributed by atoms with Crippen LogP contribution in [0.1, 0.15) is 19.2 Å². The molecule has 0 aliphatic carbocycles. The van der Waals surface area contributed by atoms with E-state index < -0.39 is 12.1 Å². The highest BCUT2D eigenvalue weighted by Crippen LogP contribution is 2.19. The Hall–Kier alpha value is -1.57. The second-order valence-corrected chi connectivity index (χ2v) is 5.05. The molecule has 0 unspecified atom stereocenters. The number of halogens is 3. The largest absolute Gasteiger partial charge is 0.471 e. The Morgan fingerprint density at radius 3 is 2.71 bits per heavy atom. The molecule has 0 radical (unpaired) electrons. The number of alkyl halides is 3. The summed E-state index contributed by atoms with van der Waals surface area (Å²) >= 11 is 0. The monoisotopic (exact) mass is 304 g/mol. The summed E-state index contributed by atoms with van der Waals surface area (Å²) in [7, 11) is 0. The standard InChI is InChI=1S/C13H19F3N4O/c1-2-19-7-4-17-11(19)10-18-5-3-6-20(9-8-18)12(21)13(14,15)16/h4,7H,2-3,5-6,8-10H2,1H3. The molecule has 2 heterocycles. The Balaban J connectivity index is 1.94. The lowest BCUT2D eigenvalue weighted by molar-refractivity contribution is -0.185. The van der Waals surface area contributed by atoms with Crippen molar-refractivity contribution in [2.24, 2.45) is 0 Å². The summed E-state index contributed by atoms with van der Waals surface area (Å²) in [5.74, 6) is -0.840. The lowest BCUT2D eigenvalue weighted by Crippen LogP contribution is -2.43.